The van der Waals surface area contributed by atoms with E-state index < -0.39 is 22.2 Å². The summed E-state index contributed by atoms with van der Waals surface area (Å²) < 4.78 is 10.8. The van der Waals surface area contributed by atoms with Gasteiger partial charge in [0.1, 0.15) is 6.61 Å². The molecule has 0 amide bonds. The lowest BCUT2D eigenvalue weighted by atomic mass is 9.46. The molecule has 0 unspecified atom stereocenters. The van der Waals surface area contributed by atoms with Gasteiger partial charge in [-0.15, -0.1) is 0 Å². The molecule has 142 valence electrons. The van der Waals surface area contributed by atoms with Crippen LogP contribution in [0, 0.1) is 34.0 Å². The minimum absolute atomic E-state index is 0.0405. The second-order valence-corrected chi connectivity index (χ2v) is 9.35. The molecule has 5 heteroatoms. The van der Waals surface area contributed by atoms with Crippen LogP contribution in [0.1, 0.15) is 52.4 Å². The van der Waals surface area contributed by atoms with Gasteiger partial charge >= 0.3 is 11.9 Å². The van der Waals surface area contributed by atoms with Gasteiger partial charge in [0.05, 0.1) is 23.9 Å². The van der Waals surface area contributed by atoms with E-state index in [9.17, 15) is 14.4 Å². The van der Waals surface area contributed by atoms with Gasteiger partial charge in [-0.25, -0.2) is 0 Å². The summed E-state index contributed by atoms with van der Waals surface area (Å²) in [6.45, 7) is 8.12. The first-order valence-electron chi connectivity index (χ1n) is 9.69. The minimum Gasteiger partial charge on any atom is -0.469 e. The van der Waals surface area contributed by atoms with E-state index in [4.69, 9.17) is 9.47 Å². The standard InChI is InChI=1S/C21H28O5/c1-12-13-6-7-14-19(2)8-5-9-20(3,18(24)25-4)15(19)17(23)26-11-21(14,10-13)16(12)22/h13-15H,1,5-11H2,2-4H3/t13-,14+,15+,19+,20-,21+/m1/s1. The minimum atomic E-state index is -0.903. The van der Waals surface area contributed by atoms with Gasteiger partial charge in [-0.3, -0.25) is 14.4 Å². The number of hydrogen-bond acceptors (Lipinski definition) is 5. The van der Waals surface area contributed by atoms with Crippen molar-refractivity contribution in [2.75, 3.05) is 13.7 Å². The fourth-order valence-corrected chi connectivity index (χ4v) is 7.06. The smallest absolute Gasteiger partial charge is 0.312 e. The highest BCUT2D eigenvalue weighted by atomic mass is 16.5. The van der Waals surface area contributed by atoms with E-state index in [2.05, 4.69) is 13.5 Å². The van der Waals surface area contributed by atoms with Crippen LogP contribution in [0.2, 0.25) is 0 Å². The number of carbonyl (C=O) groups excluding carboxylic acids is 3. The second-order valence-electron chi connectivity index (χ2n) is 9.35. The number of allylic oxidation sites excluding steroid dienone is 1. The van der Waals surface area contributed by atoms with E-state index in [1.165, 1.54) is 7.11 Å². The highest BCUT2D eigenvalue weighted by Gasteiger charge is 2.69. The first-order chi connectivity index (χ1) is 12.2. The topological polar surface area (TPSA) is 69.7 Å². The number of Topliss-reactive ketones (excluding diaryl/α,β-unsaturated/α-hetero) is 1. The van der Waals surface area contributed by atoms with Crippen LogP contribution in [0.3, 0.4) is 0 Å². The van der Waals surface area contributed by atoms with Crippen molar-refractivity contribution in [3.63, 3.8) is 0 Å². The number of carbonyl (C=O) groups is 3. The molecule has 1 heterocycles. The van der Waals surface area contributed by atoms with E-state index in [0.29, 0.717) is 12.0 Å². The van der Waals surface area contributed by atoms with Crippen LogP contribution in [0.15, 0.2) is 12.2 Å². The van der Waals surface area contributed by atoms with Crippen molar-refractivity contribution >= 4 is 17.7 Å². The highest BCUT2D eigenvalue weighted by molar-refractivity contribution is 6.03. The third-order valence-corrected chi connectivity index (χ3v) is 8.18. The van der Waals surface area contributed by atoms with Gasteiger partial charge in [-0.05, 0) is 61.9 Å². The van der Waals surface area contributed by atoms with Gasteiger partial charge in [0, 0.05) is 0 Å². The van der Waals surface area contributed by atoms with Crippen LogP contribution < -0.4 is 0 Å². The number of hydrogen-bond donors (Lipinski definition) is 0. The van der Waals surface area contributed by atoms with Crippen molar-refractivity contribution in [2.24, 2.45) is 34.0 Å². The van der Waals surface area contributed by atoms with E-state index >= 15 is 0 Å². The summed E-state index contributed by atoms with van der Waals surface area (Å²) in [6.07, 6.45) is 4.84. The SMILES string of the molecule is C=C1C(=O)[C@@]23COC(=O)[C@H]4[C@@](C)(CCC[C@@]4(C)C(=O)OC)[C@@H]2CC[C@@H]1C3. The summed E-state index contributed by atoms with van der Waals surface area (Å²) in [5.74, 6) is -0.918. The molecule has 3 aliphatic carbocycles. The molecule has 4 fully saturated rings. The Kier molecular flexibility index (Phi) is 3.71. The number of ether oxygens (including phenoxy) is 2. The summed E-state index contributed by atoms with van der Waals surface area (Å²) >= 11 is 0. The summed E-state index contributed by atoms with van der Waals surface area (Å²) in [7, 11) is 1.37. The zero-order chi connectivity index (χ0) is 18.9. The molecule has 0 aromatic heterocycles. The molecule has 4 aliphatic rings. The zero-order valence-corrected chi connectivity index (χ0v) is 15.9. The van der Waals surface area contributed by atoms with Gasteiger partial charge in [0.2, 0.25) is 0 Å². The van der Waals surface area contributed by atoms with Gasteiger partial charge in [-0.1, -0.05) is 19.9 Å². The Balaban J connectivity index is 1.86. The Morgan fingerprint density at radius 2 is 1.96 bits per heavy atom. The van der Waals surface area contributed by atoms with Crippen LogP contribution in [0.5, 0.6) is 0 Å². The monoisotopic (exact) mass is 360 g/mol. The lowest BCUT2D eigenvalue weighted by molar-refractivity contribution is -0.179. The maximum atomic E-state index is 13.2. The molecule has 0 aromatic carbocycles. The molecule has 0 aromatic rings. The maximum Gasteiger partial charge on any atom is 0.312 e. The third-order valence-electron chi connectivity index (χ3n) is 8.18. The van der Waals surface area contributed by atoms with E-state index in [-0.39, 0.29) is 36.2 Å². The Morgan fingerprint density at radius 3 is 2.65 bits per heavy atom. The second kappa shape index (κ2) is 5.43. The maximum absolute atomic E-state index is 13.2. The summed E-state index contributed by atoms with van der Waals surface area (Å²) in [5, 5.41) is 0. The van der Waals surface area contributed by atoms with E-state index in [0.717, 1.165) is 32.1 Å². The average Bonchev–Trinajstić information content (AvgIpc) is 2.74. The van der Waals surface area contributed by atoms with Crippen LogP contribution in [0.25, 0.3) is 0 Å². The van der Waals surface area contributed by atoms with E-state index in [1.54, 1.807) is 0 Å². The van der Waals surface area contributed by atoms with Crippen LogP contribution in [-0.4, -0.2) is 31.4 Å². The van der Waals surface area contributed by atoms with Gasteiger partial charge in [0.25, 0.3) is 0 Å². The Bertz CT molecular complexity index is 711. The van der Waals surface area contributed by atoms with Crippen LogP contribution >= 0.6 is 0 Å². The molecule has 1 saturated heterocycles. The molecule has 4 rings (SSSR count). The molecule has 26 heavy (non-hydrogen) atoms. The van der Waals surface area contributed by atoms with Gasteiger partial charge in [0.15, 0.2) is 5.78 Å². The molecule has 0 radical (unpaired) electrons. The Hall–Kier alpha value is -1.65. The van der Waals surface area contributed by atoms with Gasteiger partial charge in [-0.2, -0.15) is 0 Å². The van der Waals surface area contributed by atoms with Crippen molar-refractivity contribution in [3.8, 4) is 0 Å². The van der Waals surface area contributed by atoms with E-state index in [1.807, 2.05) is 6.92 Å². The predicted molar refractivity (Wildman–Crippen MR) is 93.9 cm³/mol. The number of rotatable bonds is 1. The fourth-order valence-electron chi connectivity index (χ4n) is 7.06. The molecule has 1 spiro atoms. The lowest BCUT2D eigenvalue weighted by Gasteiger charge is -2.54. The van der Waals surface area contributed by atoms with Crippen LogP contribution in [0.4, 0.5) is 0 Å². The zero-order valence-electron chi connectivity index (χ0n) is 15.9. The quantitative estimate of drug-likeness (QED) is 0.531. The normalized spacial score (nSPS) is 47.5. The van der Waals surface area contributed by atoms with Crippen molar-refractivity contribution in [3.05, 3.63) is 12.2 Å². The third kappa shape index (κ3) is 1.95. The Morgan fingerprint density at radius 1 is 1.23 bits per heavy atom. The molecule has 5 nitrogen and oxygen atoms in total. The number of esters is 2. The molecule has 2 bridgehead atoms. The largest absolute Gasteiger partial charge is 0.469 e. The molecule has 3 saturated carbocycles. The fraction of sp³-hybridized carbons (Fsp3) is 0.762. The molecule has 0 N–H and O–H groups in total. The van der Waals surface area contributed by atoms with Crippen molar-refractivity contribution in [1.82, 2.24) is 0 Å². The van der Waals surface area contributed by atoms with Crippen molar-refractivity contribution in [2.45, 2.75) is 52.4 Å². The molecular weight excluding hydrogens is 332 g/mol. The lowest BCUT2D eigenvalue weighted by Crippen LogP contribution is -2.57. The van der Waals surface area contributed by atoms with Gasteiger partial charge < -0.3 is 9.47 Å². The number of cyclic esters (lactones) is 1. The average molecular weight is 360 g/mol. The molecule has 6 atom stereocenters. The summed E-state index contributed by atoms with van der Waals surface area (Å²) in [6, 6.07) is 0. The summed E-state index contributed by atoms with van der Waals surface area (Å²) in [4.78, 5) is 39.0. The van der Waals surface area contributed by atoms with Crippen LogP contribution in [-0.2, 0) is 23.9 Å². The first kappa shape index (κ1) is 17.7. The number of fused-ring (bicyclic) bond motifs is 3. The Labute approximate surface area is 154 Å². The molecule has 1 aliphatic heterocycles. The van der Waals surface area contributed by atoms with Crippen molar-refractivity contribution in [1.29, 1.82) is 0 Å². The predicted octanol–water partition coefficient (Wildman–Crippen LogP) is 3.07. The summed E-state index contributed by atoms with van der Waals surface area (Å²) in [5.41, 5.74) is -1.29. The number of methoxy groups -OCH3 is 1. The first-order valence-corrected chi connectivity index (χ1v) is 9.69. The highest BCUT2D eigenvalue weighted by Crippen LogP contribution is 2.67. The molecular formula is C21H28O5. The number of ketones is 1. The van der Waals surface area contributed by atoms with Crippen molar-refractivity contribution < 1.29 is 23.9 Å².